The van der Waals surface area contributed by atoms with Crippen molar-refractivity contribution < 1.29 is 26.4 Å². The third-order valence-corrected chi connectivity index (χ3v) is 7.88. The van der Waals surface area contributed by atoms with Gasteiger partial charge in [0, 0.05) is 31.6 Å². The zero-order chi connectivity index (χ0) is 21.2. The normalized spacial score (nSPS) is 22.6. The summed E-state index contributed by atoms with van der Waals surface area (Å²) in [7, 11) is -4.03. The van der Waals surface area contributed by atoms with E-state index >= 15 is 0 Å². The number of carbonyl (C=O) groups is 1. The molecule has 162 valence electrons. The highest BCUT2D eigenvalue weighted by Gasteiger charge is 2.37. The Kier molecular flexibility index (Phi) is 6.57. The van der Waals surface area contributed by atoms with E-state index in [1.54, 1.807) is 0 Å². The van der Waals surface area contributed by atoms with Crippen LogP contribution in [0.3, 0.4) is 0 Å². The lowest BCUT2D eigenvalue weighted by Gasteiger charge is -2.39. The standard InChI is InChI=1S/C20H27F3N2O3S/c1-2-17-7-3-4-11-25(17)19(26)15-9-12-24(13-10-15)29(27,28)18-8-5-6-16(14-18)20(21,22)23/h5-6,8,14-15,17H,2-4,7,9-13H2,1H3. The molecule has 1 aromatic carbocycles. The second-order valence-electron chi connectivity index (χ2n) is 7.79. The average Bonchev–Trinajstić information content (AvgIpc) is 2.72. The van der Waals surface area contributed by atoms with Crippen LogP contribution in [0.1, 0.15) is 51.0 Å². The number of likely N-dealkylation sites (tertiary alicyclic amines) is 1. The smallest absolute Gasteiger partial charge is 0.339 e. The Balaban J connectivity index is 1.68. The van der Waals surface area contributed by atoms with Crippen molar-refractivity contribution in [2.45, 2.75) is 62.6 Å². The first kappa shape index (κ1) is 22.1. The fourth-order valence-electron chi connectivity index (χ4n) is 4.27. The number of piperidine rings is 2. The van der Waals surface area contributed by atoms with E-state index in [4.69, 9.17) is 0 Å². The molecule has 0 bridgehead atoms. The number of carbonyl (C=O) groups excluding carboxylic acids is 1. The summed E-state index contributed by atoms with van der Waals surface area (Å²) in [5, 5.41) is 0. The molecule has 29 heavy (non-hydrogen) atoms. The minimum atomic E-state index is -4.60. The van der Waals surface area contributed by atoms with Crippen LogP contribution in [0.15, 0.2) is 29.2 Å². The van der Waals surface area contributed by atoms with E-state index in [0.29, 0.717) is 18.9 Å². The zero-order valence-corrected chi connectivity index (χ0v) is 17.3. The minimum Gasteiger partial charge on any atom is -0.339 e. The van der Waals surface area contributed by atoms with E-state index in [1.165, 1.54) is 10.4 Å². The van der Waals surface area contributed by atoms with E-state index in [9.17, 15) is 26.4 Å². The molecule has 1 atom stereocenters. The van der Waals surface area contributed by atoms with E-state index in [0.717, 1.165) is 44.4 Å². The van der Waals surface area contributed by atoms with Crippen LogP contribution in [0.4, 0.5) is 13.2 Å². The van der Waals surface area contributed by atoms with Gasteiger partial charge in [-0.3, -0.25) is 4.79 Å². The van der Waals surface area contributed by atoms with Crippen LogP contribution in [0.2, 0.25) is 0 Å². The van der Waals surface area contributed by atoms with Gasteiger partial charge in [0.05, 0.1) is 10.5 Å². The van der Waals surface area contributed by atoms with Gasteiger partial charge in [-0.05, 0) is 56.7 Å². The monoisotopic (exact) mass is 432 g/mol. The minimum absolute atomic E-state index is 0.0904. The Bertz CT molecular complexity index is 834. The van der Waals surface area contributed by atoms with Crippen LogP contribution in [0, 0.1) is 5.92 Å². The number of alkyl halides is 3. The highest BCUT2D eigenvalue weighted by atomic mass is 32.2. The summed E-state index contributed by atoms with van der Waals surface area (Å²) in [5.41, 5.74) is -0.987. The lowest BCUT2D eigenvalue weighted by molar-refractivity contribution is -0.140. The Morgan fingerprint density at radius 2 is 1.79 bits per heavy atom. The largest absolute Gasteiger partial charge is 0.416 e. The Hall–Kier alpha value is -1.61. The number of hydrogen-bond acceptors (Lipinski definition) is 3. The second-order valence-corrected chi connectivity index (χ2v) is 9.73. The number of halogens is 3. The maximum atomic E-state index is 12.9. The van der Waals surface area contributed by atoms with Crippen molar-refractivity contribution in [3.8, 4) is 0 Å². The molecule has 2 aliphatic rings. The van der Waals surface area contributed by atoms with Gasteiger partial charge in [0.1, 0.15) is 0 Å². The van der Waals surface area contributed by atoms with Crippen molar-refractivity contribution in [2.24, 2.45) is 5.92 Å². The molecule has 1 amide bonds. The molecule has 2 fully saturated rings. The first-order chi connectivity index (χ1) is 13.6. The summed E-state index contributed by atoms with van der Waals surface area (Å²) in [6, 6.07) is 4.07. The Morgan fingerprint density at radius 3 is 2.41 bits per heavy atom. The molecule has 3 rings (SSSR count). The zero-order valence-electron chi connectivity index (χ0n) is 16.5. The van der Waals surface area contributed by atoms with E-state index < -0.39 is 21.8 Å². The molecule has 9 heteroatoms. The van der Waals surface area contributed by atoms with Crippen molar-refractivity contribution in [3.05, 3.63) is 29.8 Å². The van der Waals surface area contributed by atoms with E-state index in [-0.39, 0.29) is 35.9 Å². The summed E-state index contributed by atoms with van der Waals surface area (Å²) < 4.78 is 65.6. The third-order valence-electron chi connectivity index (χ3n) is 5.98. The van der Waals surface area contributed by atoms with Crippen molar-refractivity contribution in [2.75, 3.05) is 19.6 Å². The Morgan fingerprint density at radius 1 is 1.10 bits per heavy atom. The molecule has 2 heterocycles. The number of hydrogen-bond donors (Lipinski definition) is 0. The molecule has 0 aromatic heterocycles. The molecule has 0 saturated carbocycles. The number of rotatable bonds is 4. The highest BCUT2D eigenvalue weighted by Crippen LogP contribution is 2.32. The maximum Gasteiger partial charge on any atom is 0.416 e. The molecular formula is C20H27F3N2O3S. The van der Waals surface area contributed by atoms with Gasteiger partial charge in [-0.15, -0.1) is 0 Å². The van der Waals surface area contributed by atoms with Gasteiger partial charge in [-0.1, -0.05) is 13.0 Å². The van der Waals surface area contributed by atoms with Gasteiger partial charge in [-0.2, -0.15) is 17.5 Å². The SMILES string of the molecule is CCC1CCCCN1C(=O)C1CCN(S(=O)(=O)c2cccc(C(F)(F)F)c2)CC1. The van der Waals surface area contributed by atoms with Crippen molar-refractivity contribution >= 4 is 15.9 Å². The lowest BCUT2D eigenvalue weighted by atomic mass is 9.92. The van der Waals surface area contributed by atoms with Crippen LogP contribution in [-0.4, -0.2) is 49.2 Å². The predicted octanol–water partition coefficient (Wildman–Crippen LogP) is 3.90. The van der Waals surface area contributed by atoms with Gasteiger partial charge in [0.2, 0.25) is 15.9 Å². The molecule has 0 aliphatic carbocycles. The van der Waals surface area contributed by atoms with Crippen molar-refractivity contribution in [1.29, 1.82) is 0 Å². The van der Waals surface area contributed by atoms with Crippen LogP contribution < -0.4 is 0 Å². The quantitative estimate of drug-likeness (QED) is 0.725. The average molecular weight is 433 g/mol. The highest BCUT2D eigenvalue weighted by molar-refractivity contribution is 7.89. The number of sulfonamides is 1. The lowest BCUT2D eigenvalue weighted by Crippen LogP contribution is -2.49. The van der Waals surface area contributed by atoms with Crippen LogP contribution >= 0.6 is 0 Å². The van der Waals surface area contributed by atoms with Gasteiger partial charge in [0.15, 0.2) is 0 Å². The fourth-order valence-corrected chi connectivity index (χ4v) is 5.79. The molecule has 5 nitrogen and oxygen atoms in total. The number of nitrogens with zero attached hydrogens (tertiary/aromatic N) is 2. The molecule has 1 aromatic rings. The van der Waals surface area contributed by atoms with Crippen LogP contribution in [0.5, 0.6) is 0 Å². The molecular weight excluding hydrogens is 405 g/mol. The van der Waals surface area contributed by atoms with Crippen LogP contribution in [-0.2, 0) is 21.0 Å². The number of amides is 1. The van der Waals surface area contributed by atoms with Gasteiger partial charge >= 0.3 is 6.18 Å². The third kappa shape index (κ3) is 4.77. The van der Waals surface area contributed by atoms with E-state index in [1.807, 2.05) is 4.90 Å². The first-order valence-corrected chi connectivity index (χ1v) is 11.6. The maximum absolute atomic E-state index is 12.9. The molecule has 0 radical (unpaired) electrons. The summed E-state index contributed by atoms with van der Waals surface area (Å²) in [6.07, 6.45) is 0.212. The van der Waals surface area contributed by atoms with Gasteiger partial charge in [-0.25, -0.2) is 8.42 Å². The molecule has 1 unspecified atom stereocenters. The summed E-state index contributed by atoms with van der Waals surface area (Å²) in [5.74, 6) is -0.136. The second kappa shape index (κ2) is 8.63. The molecule has 0 N–H and O–H groups in total. The summed E-state index contributed by atoms with van der Waals surface area (Å²) in [4.78, 5) is 14.5. The molecule has 2 saturated heterocycles. The predicted molar refractivity (Wildman–Crippen MR) is 103 cm³/mol. The first-order valence-electron chi connectivity index (χ1n) is 10.1. The summed E-state index contributed by atoms with van der Waals surface area (Å²) in [6.45, 7) is 3.10. The Labute approximate surface area is 169 Å². The van der Waals surface area contributed by atoms with Gasteiger partial charge < -0.3 is 4.90 Å². The molecule has 0 spiro atoms. The topological polar surface area (TPSA) is 57.7 Å². The summed E-state index contributed by atoms with van der Waals surface area (Å²) >= 11 is 0. The van der Waals surface area contributed by atoms with Gasteiger partial charge in [0.25, 0.3) is 0 Å². The number of benzene rings is 1. The van der Waals surface area contributed by atoms with Crippen LogP contribution in [0.25, 0.3) is 0 Å². The fraction of sp³-hybridized carbons (Fsp3) is 0.650. The molecule has 2 aliphatic heterocycles. The van der Waals surface area contributed by atoms with Crippen molar-refractivity contribution in [3.63, 3.8) is 0 Å². The van der Waals surface area contributed by atoms with E-state index in [2.05, 4.69) is 6.92 Å². The van der Waals surface area contributed by atoms with Crippen molar-refractivity contribution in [1.82, 2.24) is 9.21 Å².